The Kier molecular flexibility index (Phi) is 4.81. The van der Waals surface area contributed by atoms with E-state index in [0.717, 1.165) is 22.6 Å². The molecular formula is C17H21FN2O. The minimum atomic E-state index is -0.223. The summed E-state index contributed by atoms with van der Waals surface area (Å²) < 4.78 is 18.4. The Morgan fingerprint density at radius 1 is 1.19 bits per heavy atom. The lowest BCUT2D eigenvalue weighted by molar-refractivity contribution is 0.407. The number of halogens is 1. The van der Waals surface area contributed by atoms with Crippen LogP contribution in [0.2, 0.25) is 0 Å². The molecule has 0 aliphatic carbocycles. The van der Waals surface area contributed by atoms with Crippen LogP contribution in [0.5, 0.6) is 5.75 Å². The van der Waals surface area contributed by atoms with Crippen molar-refractivity contribution in [3.8, 4) is 5.75 Å². The average Bonchev–Trinajstić information content (AvgIpc) is 2.48. The maximum absolute atomic E-state index is 13.0. The van der Waals surface area contributed by atoms with Gasteiger partial charge in [-0.15, -0.1) is 0 Å². The van der Waals surface area contributed by atoms with Crippen LogP contribution in [0.15, 0.2) is 42.5 Å². The lowest BCUT2D eigenvalue weighted by Crippen LogP contribution is -2.20. The van der Waals surface area contributed by atoms with Gasteiger partial charge in [-0.05, 0) is 36.8 Å². The molecule has 0 spiro atoms. The van der Waals surface area contributed by atoms with E-state index in [1.807, 2.05) is 32.2 Å². The van der Waals surface area contributed by atoms with Gasteiger partial charge in [-0.1, -0.05) is 18.2 Å². The Morgan fingerprint density at radius 2 is 1.86 bits per heavy atom. The van der Waals surface area contributed by atoms with Crippen LogP contribution in [0.3, 0.4) is 0 Å². The summed E-state index contributed by atoms with van der Waals surface area (Å²) in [6, 6.07) is 12.3. The third-order valence-corrected chi connectivity index (χ3v) is 3.46. The number of methoxy groups -OCH3 is 1. The SMILES string of the molecule is COc1cccc(N(C)Cc2ccc(F)cc2)c1[C@H](C)N. The molecule has 0 amide bonds. The van der Waals surface area contributed by atoms with Crippen LogP contribution in [0.25, 0.3) is 0 Å². The van der Waals surface area contributed by atoms with Crippen molar-refractivity contribution >= 4 is 5.69 Å². The Labute approximate surface area is 125 Å². The van der Waals surface area contributed by atoms with Gasteiger partial charge in [0.2, 0.25) is 0 Å². The van der Waals surface area contributed by atoms with Gasteiger partial charge < -0.3 is 15.4 Å². The third-order valence-electron chi connectivity index (χ3n) is 3.46. The van der Waals surface area contributed by atoms with E-state index in [0.29, 0.717) is 6.54 Å². The van der Waals surface area contributed by atoms with Crippen molar-refractivity contribution in [2.24, 2.45) is 5.73 Å². The number of nitrogens with two attached hydrogens (primary N) is 1. The third kappa shape index (κ3) is 3.52. The summed E-state index contributed by atoms with van der Waals surface area (Å²) in [4.78, 5) is 2.09. The van der Waals surface area contributed by atoms with Gasteiger partial charge in [0, 0.05) is 30.9 Å². The molecule has 0 aromatic heterocycles. The Bertz CT molecular complexity index is 596. The summed E-state index contributed by atoms with van der Waals surface area (Å²) in [5.41, 5.74) is 9.12. The van der Waals surface area contributed by atoms with Crippen molar-refractivity contribution in [1.82, 2.24) is 0 Å². The van der Waals surface area contributed by atoms with E-state index in [1.165, 1.54) is 12.1 Å². The molecule has 3 nitrogen and oxygen atoms in total. The van der Waals surface area contributed by atoms with Crippen molar-refractivity contribution in [3.05, 3.63) is 59.4 Å². The first-order valence-corrected chi connectivity index (χ1v) is 6.91. The predicted molar refractivity (Wildman–Crippen MR) is 84.1 cm³/mol. The average molecular weight is 288 g/mol. The van der Waals surface area contributed by atoms with Crippen LogP contribution in [-0.4, -0.2) is 14.2 Å². The van der Waals surface area contributed by atoms with E-state index < -0.39 is 0 Å². The number of benzene rings is 2. The van der Waals surface area contributed by atoms with E-state index in [-0.39, 0.29) is 11.9 Å². The molecule has 2 aromatic rings. The molecule has 0 saturated heterocycles. The first-order valence-electron chi connectivity index (χ1n) is 6.91. The van der Waals surface area contributed by atoms with Crippen molar-refractivity contribution in [3.63, 3.8) is 0 Å². The number of anilines is 1. The first-order chi connectivity index (χ1) is 10.0. The van der Waals surface area contributed by atoms with Crippen LogP contribution < -0.4 is 15.4 Å². The standard InChI is InChI=1S/C17H21FN2O/c1-12(19)17-15(5-4-6-16(17)21-3)20(2)11-13-7-9-14(18)10-8-13/h4-10,12H,11,19H2,1-3H3/t12-/m0/s1. The lowest BCUT2D eigenvalue weighted by Gasteiger charge is -2.25. The molecule has 2 rings (SSSR count). The van der Waals surface area contributed by atoms with Crippen molar-refractivity contribution in [2.45, 2.75) is 19.5 Å². The summed E-state index contributed by atoms with van der Waals surface area (Å²) in [6.45, 7) is 2.61. The molecule has 1 atom stereocenters. The van der Waals surface area contributed by atoms with Gasteiger partial charge in [-0.25, -0.2) is 4.39 Å². The molecule has 0 aliphatic rings. The first kappa shape index (κ1) is 15.3. The van der Waals surface area contributed by atoms with Gasteiger partial charge in [-0.2, -0.15) is 0 Å². The molecule has 21 heavy (non-hydrogen) atoms. The van der Waals surface area contributed by atoms with E-state index in [1.54, 1.807) is 19.2 Å². The quantitative estimate of drug-likeness (QED) is 0.915. The second-order valence-electron chi connectivity index (χ2n) is 5.16. The highest BCUT2D eigenvalue weighted by Gasteiger charge is 2.16. The van der Waals surface area contributed by atoms with E-state index in [4.69, 9.17) is 10.5 Å². The number of nitrogens with zero attached hydrogens (tertiary/aromatic N) is 1. The van der Waals surface area contributed by atoms with Crippen LogP contribution in [0.4, 0.5) is 10.1 Å². The largest absolute Gasteiger partial charge is 0.496 e. The van der Waals surface area contributed by atoms with Gasteiger partial charge in [0.05, 0.1) is 7.11 Å². The normalized spacial score (nSPS) is 12.0. The zero-order valence-electron chi connectivity index (χ0n) is 12.6. The van der Waals surface area contributed by atoms with Crippen LogP contribution in [-0.2, 0) is 6.54 Å². The van der Waals surface area contributed by atoms with Gasteiger partial charge in [0.1, 0.15) is 11.6 Å². The number of ether oxygens (including phenoxy) is 1. The predicted octanol–water partition coefficient (Wildman–Crippen LogP) is 3.49. The Balaban J connectivity index is 2.30. The Morgan fingerprint density at radius 3 is 2.43 bits per heavy atom. The molecule has 4 heteroatoms. The zero-order chi connectivity index (χ0) is 15.4. The molecular weight excluding hydrogens is 267 g/mol. The lowest BCUT2D eigenvalue weighted by atomic mass is 10.0. The summed E-state index contributed by atoms with van der Waals surface area (Å²) in [6.07, 6.45) is 0. The molecule has 0 bridgehead atoms. The fourth-order valence-corrected chi connectivity index (χ4v) is 2.45. The number of hydrogen-bond donors (Lipinski definition) is 1. The number of hydrogen-bond acceptors (Lipinski definition) is 3. The van der Waals surface area contributed by atoms with Crippen molar-refractivity contribution in [1.29, 1.82) is 0 Å². The van der Waals surface area contributed by atoms with E-state index >= 15 is 0 Å². The summed E-state index contributed by atoms with van der Waals surface area (Å²) in [7, 11) is 3.63. The van der Waals surface area contributed by atoms with Crippen LogP contribution in [0, 0.1) is 5.82 Å². The minimum absolute atomic E-state index is 0.133. The molecule has 0 aliphatic heterocycles. The zero-order valence-corrected chi connectivity index (χ0v) is 12.6. The molecule has 112 valence electrons. The minimum Gasteiger partial charge on any atom is -0.496 e. The summed E-state index contributed by atoms with van der Waals surface area (Å²) in [5, 5.41) is 0. The highest BCUT2D eigenvalue weighted by molar-refractivity contribution is 5.60. The highest BCUT2D eigenvalue weighted by Crippen LogP contribution is 2.33. The van der Waals surface area contributed by atoms with E-state index in [9.17, 15) is 4.39 Å². The maximum Gasteiger partial charge on any atom is 0.125 e. The molecule has 0 saturated carbocycles. The smallest absolute Gasteiger partial charge is 0.125 e. The van der Waals surface area contributed by atoms with Crippen molar-refractivity contribution < 1.29 is 9.13 Å². The van der Waals surface area contributed by atoms with Crippen LogP contribution in [0.1, 0.15) is 24.1 Å². The molecule has 2 N–H and O–H groups in total. The van der Waals surface area contributed by atoms with Crippen LogP contribution >= 0.6 is 0 Å². The topological polar surface area (TPSA) is 38.5 Å². The fraction of sp³-hybridized carbons (Fsp3) is 0.294. The monoisotopic (exact) mass is 288 g/mol. The molecule has 2 aromatic carbocycles. The molecule has 0 heterocycles. The fourth-order valence-electron chi connectivity index (χ4n) is 2.45. The molecule has 0 radical (unpaired) electrons. The van der Waals surface area contributed by atoms with Gasteiger partial charge >= 0.3 is 0 Å². The highest BCUT2D eigenvalue weighted by atomic mass is 19.1. The van der Waals surface area contributed by atoms with Gasteiger partial charge in [0.15, 0.2) is 0 Å². The Hall–Kier alpha value is -2.07. The number of rotatable bonds is 5. The van der Waals surface area contributed by atoms with Crippen molar-refractivity contribution in [2.75, 3.05) is 19.1 Å². The van der Waals surface area contributed by atoms with E-state index in [2.05, 4.69) is 4.90 Å². The summed E-state index contributed by atoms with van der Waals surface area (Å²) >= 11 is 0. The molecule has 0 unspecified atom stereocenters. The van der Waals surface area contributed by atoms with Gasteiger partial charge in [0.25, 0.3) is 0 Å². The summed E-state index contributed by atoms with van der Waals surface area (Å²) in [5.74, 6) is 0.563. The maximum atomic E-state index is 13.0. The second-order valence-corrected chi connectivity index (χ2v) is 5.16. The molecule has 0 fully saturated rings. The second kappa shape index (κ2) is 6.59. The van der Waals surface area contributed by atoms with Gasteiger partial charge in [-0.3, -0.25) is 0 Å².